The average molecular weight is 466 g/mol. The fourth-order valence-electron chi connectivity index (χ4n) is 2.90. The summed E-state index contributed by atoms with van der Waals surface area (Å²) in [5, 5.41) is 5.63. The van der Waals surface area contributed by atoms with Crippen LogP contribution in [0.5, 0.6) is 0 Å². The summed E-state index contributed by atoms with van der Waals surface area (Å²) in [5.41, 5.74) is 4.16. The van der Waals surface area contributed by atoms with Crippen LogP contribution >= 0.6 is 23.7 Å². The van der Waals surface area contributed by atoms with Gasteiger partial charge in [-0.25, -0.2) is 0 Å². The monoisotopic (exact) mass is 465 g/mol. The van der Waals surface area contributed by atoms with E-state index in [1.54, 1.807) is 12.1 Å². The molecule has 3 aromatic rings. The summed E-state index contributed by atoms with van der Waals surface area (Å²) in [6.07, 6.45) is 0. The molecule has 7 heteroatoms. The Morgan fingerprint density at radius 2 is 1.62 bits per heavy atom. The van der Waals surface area contributed by atoms with Crippen LogP contribution in [-0.2, 0) is 4.79 Å². The van der Waals surface area contributed by atoms with E-state index in [4.69, 9.17) is 0 Å². The Balaban J connectivity index is 0.00000141. The van der Waals surface area contributed by atoms with E-state index in [1.807, 2.05) is 63.2 Å². The molecule has 1 atom stereocenters. The topological polar surface area (TPSA) is 70.2 Å². The molecule has 3 aromatic carbocycles. The average Bonchev–Trinajstić information content (AvgIpc) is 2.81. The number of fused-ring (bicyclic) bond motifs is 1. The zero-order valence-corrected chi connectivity index (χ0v) is 20.2. The largest absolute Gasteiger partial charge is 0.326 e. The first-order valence-corrected chi connectivity index (χ1v) is 12.2. The molecular weight excluding hydrogens is 438 g/mol. The molecule has 0 aromatic heterocycles. The lowest BCUT2D eigenvalue weighted by atomic mass is 10.1. The van der Waals surface area contributed by atoms with E-state index in [9.17, 15) is 9.59 Å². The second kappa shape index (κ2) is 11.1. The van der Waals surface area contributed by atoms with Crippen LogP contribution in [-0.4, -0.2) is 17.1 Å². The Hall–Kier alpha value is -2.90. The van der Waals surface area contributed by atoms with Gasteiger partial charge in [0.25, 0.3) is 5.91 Å². The first kappa shape index (κ1) is 23.8. The summed E-state index contributed by atoms with van der Waals surface area (Å²) in [6.45, 7) is 7.92. The summed E-state index contributed by atoms with van der Waals surface area (Å²) >= 11 is 3.01. The lowest BCUT2D eigenvalue weighted by Crippen LogP contribution is -2.26. The molecule has 0 radical (unpaired) electrons. The maximum atomic E-state index is 12.6. The van der Waals surface area contributed by atoms with Crippen LogP contribution in [0.2, 0.25) is 0 Å². The molecule has 2 amide bonds. The van der Waals surface area contributed by atoms with Crippen molar-refractivity contribution in [1.29, 1.82) is 0 Å². The van der Waals surface area contributed by atoms with Crippen LogP contribution in [0.4, 0.5) is 17.1 Å². The van der Waals surface area contributed by atoms with Crippen molar-refractivity contribution in [1.82, 2.24) is 0 Å². The molecule has 1 aliphatic heterocycles. The summed E-state index contributed by atoms with van der Waals surface area (Å²) in [4.78, 5) is 26.5. The van der Waals surface area contributed by atoms with Crippen molar-refractivity contribution in [2.75, 3.05) is 15.4 Å². The molecule has 5 nitrogen and oxygen atoms in total. The standard InChI is InChI=1S/C23H21N3O2S2.C2H6/c1-14-3-6-18(7-4-14)26-30-19-10-8-17(9-11-19)24-23(28)16-5-12-21-20(13-16)25-22(27)15(2)29-21;1-2/h3-13,15,26H,1-2H3,(H,24,28)(H,25,27);1-2H3. The molecule has 0 bridgehead atoms. The van der Waals surface area contributed by atoms with Crippen LogP contribution < -0.4 is 15.4 Å². The summed E-state index contributed by atoms with van der Waals surface area (Å²) in [7, 11) is 0. The van der Waals surface area contributed by atoms with Gasteiger partial charge >= 0.3 is 0 Å². The molecule has 1 unspecified atom stereocenters. The highest BCUT2D eigenvalue weighted by Crippen LogP contribution is 2.36. The third kappa shape index (κ3) is 6.08. The minimum Gasteiger partial charge on any atom is -0.326 e. The van der Waals surface area contributed by atoms with Crippen LogP contribution in [0, 0.1) is 6.92 Å². The van der Waals surface area contributed by atoms with Gasteiger partial charge in [0.1, 0.15) is 0 Å². The predicted octanol–water partition coefficient (Wildman–Crippen LogP) is 6.83. The number of anilines is 3. The number of aryl methyl sites for hydroxylation is 1. The number of hydrogen-bond acceptors (Lipinski definition) is 5. The number of carbonyl (C=O) groups excluding carboxylic acids is 2. The van der Waals surface area contributed by atoms with Crippen LogP contribution in [0.3, 0.4) is 0 Å². The van der Waals surface area contributed by atoms with E-state index in [1.165, 1.54) is 29.3 Å². The minimum absolute atomic E-state index is 0.0441. The van der Waals surface area contributed by atoms with Gasteiger partial charge in [-0.05, 0) is 80.4 Å². The molecule has 166 valence electrons. The van der Waals surface area contributed by atoms with Gasteiger partial charge in [0.05, 0.1) is 10.9 Å². The highest BCUT2D eigenvalue weighted by molar-refractivity contribution is 8.01. The number of carbonyl (C=O) groups is 2. The second-order valence-electron chi connectivity index (χ2n) is 7.01. The number of hydrogen-bond donors (Lipinski definition) is 3. The van der Waals surface area contributed by atoms with E-state index in [0.717, 1.165) is 15.5 Å². The molecule has 1 aliphatic rings. The van der Waals surface area contributed by atoms with E-state index < -0.39 is 0 Å². The predicted molar refractivity (Wildman–Crippen MR) is 137 cm³/mol. The number of amides is 2. The van der Waals surface area contributed by atoms with E-state index in [-0.39, 0.29) is 17.1 Å². The van der Waals surface area contributed by atoms with Crippen LogP contribution in [0.25, 0.3) is 0 Å². The van der Waals surface area contributed by atoms with Gasteiger partial charge in [0, 0.05) is 26.7 Å². The van der Waals surface area contributed by atoms with Gasteiger partial charge in [0.2, 0.25) is 5.91 Å². The zero-order chi connectivity index (χ0) is 23.1. The quantitative estimate of drug-likeness (QED) is 0.361. The molecule has 3 N–H and O–H groups in total. The van der Waals surface area contributed by atoms with Crippen molar-refractivity contribution in [3.05, 3.63) is 77.9 Å². The molecule has 1 heterocycles. The number of thioether (sulfide) groups is 1. The van der Waals surface area contributed by atoms with Crippen molar-refractivity contribution < 1.29 is 9.59 Å². The lowest BCUT2D eigenvalue weighted by molar-refractivity contribution is -0.115. The molecule has 0 spiro atoms. The summed E-state index contributed by atoms with van der Waals surface area (Å²) < 4.78 is 3.30. The molecule has 0 fully saturated rings. The van der Waals surface area contributed by atoms with Gasteiger partial charge in [-0.2, -0.15) is 0 Å². The smallest absolute Gasteiger partial charge is 0.255 e. The number of benzene rings is 3. The molecule has 0 saturated carbocycles. The third-order valence-corrected chi connectivity index (χ3v) is 6.65. The fourth-order valence-corrected chi connectivity index (χ4v) is 4.47. The van der Waals surface area contributed by atoms with Crippen molar-refractivity contribution in [2.45, 2.75) is 42.7 Å². The maximum Gasteiger partial charge on any atom is 0.255 e. The minimum atomic E-state index is -0.214. The van der Waals surface area contributed by atoms with Gasteiger partial charge in [-0.15, -0.1) is 11.8 Å². The maximum absolute atomic E-state index is 12.6. The number of nitrogens with one attached hydrogen (secondary N) is 3. The van der Waals surface area contributed by atoms with Crippen molar-refractivity contribution in [3.8, 4) is 0 Å². The Labute approximate surface area is 197 Å². The Morgan fingerprint density at radius 3 is 2.31 bits per heavy atom. The van der Waals surface area contributed by atoms with E-state index >= 15 is 0 Å². The lowest BCUT2D eigenvalue weighted by Gasteiger charge is -2.21. The van der Waals surface area contributed by atoms with Crippen molar-refractivity contribution in [2.24, 2.45) is 0 Å². The van der Waals surface area contributed by atoms with Crippen molar-refractivity contribution >= 4 is 52.6 Å². The van der Waals surface area contributed by atoms with Crippen LogP contribution in [0.15, 0.2) is 76.5 Å². The first-order chi connectivity index (χ1) is 15.5. The molecule has 32 heavy (non-hydrogen) atoms. The molecular formula is C25H27N3O2S2. The zero-order valence-electron chi connectivity index (χ0n) is 18.6. The summed E-state index contributed by atoms with van der Waals surface area (Å²) in [6, 6.07) is 21.2. The molecule has 0 aliphatic carbocycles. The summed E-state index contributed by atoms with van der Waals surface area (Å²) in [5.74, 6) is -0.258. The Morgan fingerprint density at radius 1 is 0.969 bits per heavy atom. The normalized spacial score (nSPS) is 14.4. The molecule has 4 rings (SSSR count). The van der Waals surface area contributed by atoms with Gasteiger partial charge in [0.15, 0.2) is 0 Å². The third-order valence-electron chi connectivity index (χ3n) is 4.62. The fraction of sp³-hybridized carbons (Fsp3) is 0.200. The van der Waals surface area contributed by atoms with Gasteiger partial charge < -0.3 is 15.4 Å². The van der Waals surface area contributed by atoms with E-state index in [0.29, 0.717) is 16.9 Å². The van der Waals surface area contributed by atoms with Gasteiger partial charge in [-0.3, -0.25) is 9.59 Å². The van der Waals surface area contributed by atoms with Gasteiger partial charge in [-0.1, -0.05) is 31.5 Å². The van der Waals surface area contributed by atoms with Crippen molar-refractivity contribution in [3.63, 3.8) is 0 Å². The van der Waals surface area contributed by atoms with E-state index in [2.05, 4.69) is 34.4 Å². The second-order valence-corrected chi connectivity index (χ2v) is 9.27. The van der Waals surface area contributed by atoms with Crippen LogP contribution in [0.1, 0.15) is 36.7 Å². The highest BCUT2D eigenvalue weighted by atomic mass is 32.2. The SMILES string of the molecule is CC.Cc1ccc(NSc2ccc(NC(=O)c3ccc4c(c3)NC(=O)C(C)S4)cc2)cc1. The number of rotatable bonds is 5. The molecule has 0 saturated heterocycles. The Kier molecular flexibility index (Phi) is 8.25. The first-order valence-electron chi connectivity index (χ1n) is 10.5. The Bertz CT molecular complexity index is 1080. The highest BCUT2D eigenvalue weighted by Gasteiger charge is 2.23.